The molecule has 23 heavy (non-hydrogen) atoms. The molecule has 0 bridgehead atoms. The highest BCUT2D eigenvalue weighted by Gasteiger charge is 2.40. The molecule has 0 unspecified atom stereocenters. The third-order valence-electron chi connectivity index (χ3n) is 2.69. The smallest absolute Gasteiger partial charge is 0.261 e. The first-order chi connectivity index (χ1) is 10.6. The maximum atomic E-state index is 13.1. The molecular formula is C11H11ClF3N3O2S3. The van der Waals surface area contributed by atoms with E-state index in [-0.39, 0.29) is 19.3 Å². The summed E-state index contributed by atoms with van der Waals surface area (Å²) in [4.78, 5) is 3.64. The molecule has 128 valence electrons. The summed E-state index contributed by atoms with van der Waals surface area (Å²) in [5, 5.41) is 3.62. The van der Waals surface area contributed by atoms with Crippen LogP contribution in [0.2, 0.25) is 4.34 Å². The van der Waals surface area contributed by atoms with Crippen molar-refractivity contribution in [3.05, 3.63) is 21.8 Å². The third kappa shape index (κ3) is 4.01. The van der Waals surface area contributed by atoms with E-state index in [9.17, 15) is 21.6 Å². The number of aryl methyl sites for hydroxylation is 1. The normalized spacial score (nSPS) is 12.8. The van der Waals surface area contributed by atoms with Gasteiger partial charge in [-0.05, 0) is 5.75 Å². The molecule has 2 rings (SSSR count). The minimum atomic E-state index is -4.74. The molecule has 0 spiro atoms. The minimum Gasteiger partial charge on any atom is -0.261 e. The van der Waals surface area contributed by atoms with E-state index < -0.39 is 27.5 Å². The van der Waals surface area contributed by atoms with Crippen LogP contribution in [0.5, 0.6) is 0 Å². The predicted octanol–water partition coefficient (Wildman–Crippen LogP) is 3.63. The molecule has 0 saturated carbocycles. The topological polar surface area (TPSA) is 64.8 Å². The van der Waals surface area contributed by atoms with Gasteiger partial charge >= 0.3 is 6.18 Å². The lowest BCUT2D eigenvalue weighted by Crippen LogP contribution is -2.13. The van der Waals surface area contributed by atoms with Crippen molar-refractivity contribution in [2.24, 2.45) is 7.05 Å². The third-order valence-corrected chi connectivity index (χ3v) is 6.99. The van der Waals surface area contributed by atoms with Gasteiger partial charge in [0.25, 0.3) is 0 Å². The van der Waals surface area contributed by atoms with Crippen LogP contribution in [0.25, 0.3) is 0 Å². The van der Waals surface area contributed by atoms with Crippen molar-refractivity contribution >= 4 is 44.5 Å². The molecule has 0 aromatic carbocycles. The van der Waals surface area contributed by atoms with Gasteiger partial charge in [0.1, 0.15) is 4.34 Å². The number of alkyl halides is 3. The zero-order valence-corrected chi connectivity index (χ0v) is 15.1. The molecule has 5 nitrogen and oxygen atoms in total. The highest BCUT2D eigenvalue weighted by atomic mass is 35.5. The summed E-state index contributed by atoms with van der Waals surface area (Å²) in [5.41, 5.74) is -1.56. The van der Waals surface area contributed by atoms with Crippen LogP contribution in [-0.4, -0.2) is 28.9 Å². The summed E-state index contributed by atoms with van der Waals surface area (Å²) in [6.07, 6.45) is -3.59. The van der Waals surface area contributed by atoms with E-state index in [2.05, 4.69) is 10.1 Å². The first kappa shape index (κ1) is 18.6. The fourth-order valence-electron chi connectivity index (χ4n) is 1.86. The Hall–Kier alpha value is -0.780. The fraction of sp³-hybridized carbons (Fsp3) is 0.455. The fourth-order valence-corrected chi connectivity index (χ4v) is 5.53. The lowest BCUT2D eigenvalue weighted by atomic mass is 10.3. The first-order valence-electron chi connectivity index (χ1n) is 6.16. The van der Waals surface area contributed by atoms with Gasteiger partial charge in [-0.15, -0.1) is 11.8 Å². The number of hydrogen-bond acceptors (Lipinski definition) is 6. The number of aromatic nitrogens is 3. The van der Waals surface area contributed by atoms with E-state index in [0.29, 0.717) is 17.1 Å². The summed E-state index contributed by atoms with van der Waals surface area (Å²) in [6.45, 7) is 1.75. The van der Waals surface area contributed by atoms with Crippen LogP contribution in [0.1, 0.15) is 18.2 Å². The number of thioether (sulfide) groups is 1. The maximum absolute atomic E-state index is 13.1. The van der Waals surface area contributed by atoms with Gasteiger partial charge < -0.3 is 0 Å². The highest BCUT2D eigenvalue weighted by Crippen LogP contribution is 2.38. The second-order valence-corrected chi connectivity index (χ2v) is 9.45. The van der Waals surface area contributed by atoms with Crippen LogP contribution < -0.4 is 0 Å². The van der Waals surface area contributed by atoms with E-state index in [1.807, 2.05) is 0 Å². The van der Waals surface area contributed by atoms with Gasteiger partial charge in [-0.25, -0.2) is 13.4 Å². The SMILES string of the molecule is CCSc1c(CS(=O)(=O)c2ncc(Cl)s2)c(C(F)(F)F)nn1C. The van der Waals surface area contributed by atoms with Crippen molar-refractivity contribution in [3.63, 3.8) is 0 Å². The average molecular weight is 406 g/mol. The Morgan fingerprint density at radius 1 is 1.43 bits per heavy atom. The number of halogens is 4. The Labute approximate surface area is 143 Å². The number of rotatable bonds is 5. The zero-order chi connectivity index (χ0) is 17.4. The number of nitrogens with zero attached hydrogens (tertiary/aromatic N) is 3. The quantitative estimate of drug-likeness (QED) is 0.710. The van der Waals surface area contributed by atoms with E-state index in [4.69, 9.17) is 11.6 Å². The van der Waals surface area contributed by atoms with Crippen LogP contribution in [0.3, 0.4) is 0 Å². The second-order valence-electron chi connectivity index (χ2n) is 4.38. The zero-order valence-electron chi connectivity index (χ0n) is 11.9. The molecule has 0 aliphatic heterocycles. The largest absolute Gasteiger partial charge is 0.435 e. The Kier molecular flexibility index (Phi) is 5.34. The van der Waals surface area contributed by atoms with Crippen molar-refractivity contribution < 1.29 is 21.6 Å². The predicted molar refractivity (Wildman–Crippen MR) is 82.6 cm³/mol. The first-order valence-corrected chi connectivity index (χ1v) is 9.99. The van der Waals surface area contributed by atoms with Gasteiger partial charge in [-0.2, -0.15) is 18.3 Å². The van der Waals surface area contributed by atoms with Gasteiger partial charge in [0.05, 0.1) is 17.0 Å². The summed E-state index contributed by atoms with van der Waals surface area (Å²) in [6, 6.07) is 0. The Bertz CT molecular complexity index is 814. The molecule has 2 aromatic rings. The molecule has 0 aliphatic carbocycles. The highest BCUT2D eigenvalue weighted by molar-refractivity contribution is 7.99. The molecule has 0 fully saturated rings. The number of sulfone groups is 1. The van der Waals surface area contributed by atoms with Crippen LogP contribution in [0, 0.1) is 0 Å². The molecule has 12 heteroatoms. The Balaban J connectivity index is 2.53. The van der Waals surface area contributed by atoms with Gasteiger partial charge in [-0.1, -0.05) is 29.9 Å². The lowest BCUT2D eigenvalue weighted by molar-refractivity contribution is -0.141. The molecule has 0 amide bonds. The molecule has 2 heterocycles. The monoisotopic (exact) mass is 405 g/mol. The van der Waals surface area contributed by atoms with E-state index in [1.54, 1.807) is 6.92 Å². The second kappa shape index (κ2) is 6.61. The van der Waals surface area contributed by atoms with E-state index in [0.717, 1.165) is 22.6 Å². The van der Waals surface area contributed by atoms with Crippen molar-refractivity contribution in [2.75, 3.05) is 5.75 Å². The summed E-state index contributed by atoms with van der Waals surface area (Å²) < 4.78 is 65.0. The lowest BCUT2D eigenvalue weighted by Gasteiger charge is -2.08. The van der Waals surface area contributed by atoms with Gasteiger partial charge in [0.2, 0.25) is 14.2 Å². The van der Waals surface area contributed by atoms with Crippen molar-refractivity contribution in [1.82, 2.24) is 14.8 Å². The molecule has 0 saturated heterocycles. The van der Waals surface area contributed by atoms with E-state index in [1.165, 1.54) is 7.05 Å². The van der Waals surface area contributed by atoms with Gasteiger partial charge in [0.15, 0.2) is 5.69 Å². The summed E-state index contributed by atoms with van der Waals surface area (Å²) in [7, 11) is -2.70. The van der Waals surface area contributed by atoms with Crippen LogP contribution in [0.4, 0.5) is 13.2 Å². The summed E-state index contributed by atoms with van der Waals surface area (Å²) in [5.74, 6) is -0.352. The molecule has 0 atom stereocenters. The molecule has 2 aromatic heterocycles. The molecule has 0 radical (unpaired) electrons. The van der Waals surface area contributed by atoms with E-state index >= 15 is 0 Å². The molecule has 0 N–H and O–H groups in total. The molecule has 0 aliphatic rings. The van der Waals surface area contributed by atoms with Crippen molar-refractivity contribution in [2.45, 2.75) is 28.2 Å². The van der Waals surface area contributed by atoms with Gasteiger partial charge in [0, 0.05) is 12.6 Å². The van der Waals surface area contributed by atoms with Crippen molar-refractivity contribution in [3.8, 4) is 0 Å². The van der Waals surface area contributed by atoms with Gasteiger partial charge in [-0.3, -0.25) is 4.68 Å². The standard InChI is InChI=1S/C11H11ClF3N3O2S3/c1-3-21-9-6(8(11(13,14)15)17-18(9)2)5-23(19,20)10-16-4-7(12)22-10/h4H,3,5H2,1-2H3. The van der Waals surface area contributed by atoms with Crippen LogP contribution in [-0.2, 0) is 28.8 Å². The maximum Gasteiger partial charge on any atom is 0.435 e. The van der Waals surface area contributed by atoms with Crippen LogP contribution >= 0.6 is 34.7 Å². The number of thiazole rings is 1. The van der Waals surface area contributed by atoms with Crippen molar-refractivity contribution in [1.29, 1.82) is 0 Å². The Morgan fingerprint density at radius 3 is 2.57 bits per heavy atom. The Morgan fingerprint density at radius 2 is 2.09 bits per heavy atom. The number of hydrogen-bond donors (Lipinski definition) is 0. The van der Waals surface area contributed by atoms with Crippen LogP contribution in [0.15, 0.2) is 15.6 Å². The average Bonchev–Trinajstić information content (AvgIpc) is 2.97. The summed E-state index contributed by atoms with van der Waals surface area (Å²) >= 11 is 7.45. The minimum absolute atomic E-state index is 0.147. The molecular weight excluding hydrogens is 395 g/mol.